The van der Waals surface area contributed by atoms with E-state index in [0.717, 1.165) is 12.1 Å². The highest BCUT2D eigenvalue weighted by atomic mass is 28.4. The molecule has 0 amide bonds. The van der Waals surface area contributed by atoms with E-state index in [0.29, 0.717) is 35.3 Å². The molecule has 2 aromatic rings. The lowest BCUT2D eigenvalue weighted by Crippen LogP contribution is -2.48. The lowest BCUT2D eigenvalue weighted by atomic mass is 10.1. The van der Waals surface area contributed by atoms with Crippen molar-refractivity contribution < 1.29 is 17.6 Å². The molecule has 0 aliphatic rings. The number of halogens is 3. The lowest BCUT2D eigenvalue weighted by Gasteiger charge is -2.42. The molecule has 0 aliphatic heterocycles. The maximum absolute atomic E-state index is 13.2. The Kier molecular flexibility index (Phi) is 7.79. The van der Waals surface area contributed by atoms with Crippen LogP contribution in [0.3, 0.4) is 0 Å². The van der Waals surface area contributed by atoms with E-state index >= 15 is 0 Å². The van der Waals surface area contributed by atoms with Crippen LogP contribution < -0.4 is 5.43 Å². The molecule has 0 spiro atoms. The maximum atomic E-state index is 13.2. The monoisotopic (exact) mass is 456 g/mol. The van der Waals surface area contributed by atoms with Crippen LogP contribution in [0.4, 0.5) is 13.2 Å². The molecule has 8 heteroatoms. The molecular formula is C23H35F3N2O2Si. The number of fused-ring (bicyclic) bond motifs is 1. The summed E-state index contributed by atoms with van der Waals surface area (Å²) < 4.78 is 47.6. The highest BCUT2D eigenvalue weighted by molar-refractivity contribution is 6.77. The summed E-state index contributed by atoms with van der Waals surface area (Å²) in [7, 11) is -2.08. The number of benzene rings is 1. The molecule has 0 saturated carbocycles. The lowest BCUT2D eigenvalue weighted by molar-refractivity contribution is -0.137. The summed E-state index contributed by atoms with van der Waals surface area (Å²) in [6, 6.07) is 3.05. The van der Waals surface area contributed by atoms with Crippen LogP contribution in [0, 0.1) is 0 Å². The van der Waals surface area contributed by atoms with Crippen LogP contribution in [0.2, 0.25) is 16.6 Å². The largest absolute Gasteiger partial charge is 0.416 e. The standard InChI is InChI=1S/C23H35F3N2O2Si/c1-14(2)28-21-13-18(23(24,25)26)9-10-19(21)22(29)20(27-28)11-12-30-31(15(3)4,16(5)6)17(7)8/h9-10,13-17H,11-12H2,1-8H3. The van der Waals surface area contributed by atoms with Gasteiger partial charge in [-0.25, -0.2) is 0 Å². The smallest absolute Gasteiger partial charge is 0.416 e. The van der Waals surface area contributed by atoms with E-state index in [9.17, 15) is 18.0 Å². The minimum atomic E-state index is -4.48. The molecule has 4 nitrogen and oxygen atoms in total. The summed E-state index contributed by atoms with van der Waals surface area (Å²) in [5, 5.41) is 4.71. The molecule has 0 fully saturated rings. The Morgan fingerprint density at radius 3 is 2.00 bits per heavy atom. The Labute approximate surface area is 183 Å². The van der Waals surface area contributed by atoms with Crippen molar-refractivity contribution in [2.24, 2.45) is 0 Å². The number of rotatable bonds is 8. The summed E-state index contributed by atoms with van der Waals surface area (Å²) >= 11 is 0. The molecule has 0 unspecified atom stereocenters. The third-order valence-corrected chi connectivity index (χ3v) is 12.3. The Bertz CT molecular complexity index is 944. The van der Waals surface area contributed by atoms with Crippen molar-refractivity contribution >= 4 is 19.2 Å². The van der Waals surface area contributed by atoms with Gasteiger partial charge in [-0.15, -0.1) is 0 Å². The van der Waals surface area contributed by atoms with Gasteiger partial charge in [0.1, 0.15) is 5.69 Å². The van der Waals surface area contributed by atoms with Gasteiger partial charge < -0.3 is 4.43 Å². The summed E-state index contributed by atoms with van der Waals surface area (Å²) in [4.78, 5) is 13.0. The molecule has 1 aromatic heterocycles. The topological polar surface area (TPSA) is 44.1 Å². The Morgan fingerprint density at radius 2 is 1.55 bits per heavy atom. The van der Waals surface area contributed by atoms with Crippen LogP contribution in [0.15, 0.2) is 23.0 Å². The van der Waals surface area contributed by atoms with Crippen molar-refractivity contribution in [1.82, 2.24) is 9.78 Å². The molecule has 0 aliphatic carbocycles. The number of alkyl halides is 3. The van der Waals surface area contributed by atoms with Gasteiger partial charge in [-0.2, -0.15) is 18.3 Å². The zero-order valence-corrected chi connectivity index (χ0v) is 20.8. The van der Waals surface area contributed by atoms with Crippen LogP contribution >= 0.6 is 0 Å². The number of hydrogen-bond donors (Lipinski definition) is 0. The van der Waals surface area contributed by atoms with Gasteiger partial charge >= 0.3 is 6.18 Å². The van der Waals surface area contributed by atoms with Crippen molar-refractivity contribution in [3.05, 3.63) is 39.7 Å². The van der Waals surface area contributed by atoms with E-state index in [2.05, 4.69) is 46.6 Å². The van der Waals surface area contributed by atoms with Crippen molar-refractivity contribution in [1.29, 1.82) is 0 Å². The van der Waals surface area contributed by atoms with E-state index in [1.807, 2.05) is 13.8 Å². The average Bonchev–Trinajstić information content (AvgIpc) is 2.64. The van der Waals surface area contributed by atoms with Crippen molar-refractivity contribution in [2.75, 3.05) is 6.61 Å². The van der Waals surface area contributed by atoms with Crippen LogP contribution in [0.5, 0.6) is 0 Å². The number of aromatic nitrogens is 2. The van der Waals surface area contributed by atoms with Crippen LogP contribution in [0.25, 0.3) is 10.9 Å². The van der Waals surface area contributed by atoms with Crippen LogP contribution in [-0.2, 0) is 17.0 Å². The molecule has 0 N–H and O–H groups in total. The van der Waals surface area contributed by atoms with E-state index < -0.39 is 20.1 Å². The molecule has 0 atom stereocenters. The third kappa shape index (κ3) is 5.05. The number of nitrogens with zero attached hydrogens (tertiary/aromatic N) is 2. The molecular weight excluding hydrogens is 421 g/mol. The quantitative estimate of drug-likeness (QED) is 0.414. The first-order valence-electron chi connectivity index (χ1n) is 11.0. The van der Waals surface area contributed by atoms with Crippen molar-refractivity contribution in [3.63, 3.8) is 0 Å². The molecule has 174 valence electrons. The van der Waals surface area contributed by atoms with Gasteiger partial charge in [0.2, 0.25) is 5.43 Å². The Balaban J connectivity index is 2.45. The predicted molar refractivity (Wildman–Crippen MR) is 122 cm³/mol. The highest BCUT2D eigenvalue weighted by Gasteiger charge is 2.44. The molecule has 0 radical (unpaired) electrons. The minimum absolute atomic E-state index is 0.193. The molecule has 0 saturated heterocycles. The second-order valence-electron chi connectivity index (χ2n) is 9.46. The second kappa shape index (κ2) is 9.44. The van der Waals surface area contributed by atoms with Gasteiger partial charge in [-0.05, 0) is 48.7 Å². The fraction of sp³-hybridized carbons (Fsp3) is 0.652. The molecule has 2 rings (SSSR count). The van der Waals surface area contributed by atoms with E-state index in [-0.39, 0.29) is 22.4 Å². The second-order valence-corrected chi connectivity index (χ2v) is 14.9. The zero-order valence-electron chi connectivity index (χ0n) is 19.8. The van der Waals surface area contributed by atoms with Crippen molar-refractivity contribution in [3.8, 4) is 0 Å². The number of hydrogen-bond acceptors (Lipinski definition) is 3. The summed E-state index contributed by atoms with van der Waals surface area (Å²) in [5.74, 6) is 0. The summed E-state index contributed by atoms with van der Waals surface area (Å²) in [6.07, 6.45) is -4.14. The predicted octanol–water partition coefficient (Wildman–Crippen LogP) is 6.73. The third-order valence-electron chi connectivity index (χ3n) is 6.19. The van der Waals surface area contributed by atoms with E-state index in [4.69, 9.17) is 4.43 Å². The SMILES string of the molecule is CC(C)n1nc(CCO[Si](C(C)C)(C(C)C)C(C)C)c(=O)c2ccc(C(F)(F)F)cc21. The zero-order chi connectivity index (χ0) is 23.7. The van der Waals surface area contributed by atoms with E-state index in [1.54, 1.807) is 0 Å². The van der Waals surface area contributed by atoms with Crippen LogP contribution in [-0.4, -0.2) is 24.7 Å². The molecule has 1 heterocycles. The van der Waals surface area contributed by atoms with Gasteiger partial charge in [0, 0.05) is 24.5 Å². The van der Waals surface area contributed by atoms with Gasteiger partial charge in [0.05, 0.1) is 11.1 Å². The first kappa shape index (κ1) is 25.6. The van der Waals surface area contributed by atoms with E-state index in [1.165, 1.54) is 10.7 Å². The van der Waals surface area contributed by atoms with Crippen LogP contribution in [0.1, 0.15) is 72.7 Å². The molecule has 0 bridgehead atoms. The van der Waals surface area contributed by atoms with Crippen molar-refractivity contribution in [2.45, 2.75) is 90.7 Å². The first-order chi connectivity index (χ1) is 14.2. The highest BCUT2D eigenvalue weighted by Crippen LogP contribution is 2.42. The Morgan fingerprint density at radius 1 is 1.00 bits per heavy atom. The normalized spacial score (nSPS) is 13.4. The van der Waals surface area contributed by atoms with Gasteiger partial charge in [0.15, 0.2) is 8.32 Å². The fourth-order valence-electron chi connectivity index (χ4n) is 4.86. The minimum Gasteiger partial charge on any atom is -0.416 e. The van der Waals surface area contributed by atoms with Gasteiger partial charge in [-0.1, -0.05) is 41.5 Å². The summed E-state index contributed by atoms with van der Waals surface area (Å²) in [5.41, 5.74) is 0.693. The molecule has 31 heavy (non-hydrogen) atoms. The fourth-order valence-corrected chi connectivity index (χ4v) is 10.3. The molecule has 1 aromatic carbocycles. The van der Waals surface area contributed by atoms with Gasteiger partial charge in [0.25, 0.3) is 0 Å². The summed E-state index contributed by atoms with van der Waals surface area (Å²) in [6.45, 7) is 17.3. The Hall–Kier alpha value is -1.67. The average molecular weight is 457 g/mol. The first-order valence-corrected chi connectivity index (χ1v) is 13.1. The van der Waals surface area contributed by atoms with Gasteiger partial charge in [-0.3, -0.25) is 9.48 Å². The maximum Gasteiger partial charge on any atom is 0.416 e.